The molecule has 0 saturated heterocycles. The predicted octanol–water partition coefficient (Wildman–Crippen LogP) is 1.20. The number of ether oxygens (including phenoxy) is 2. The van der Waals surface area contributed by atoms with Crippen molar-refractivity contribution in [3.63, 3.8) is 0 Å². The molecule has 1 aromatic heterocycles. The molecular formula is C12H13NO4. The number of hydrogen-bond acceptors (Lipinski definition) is 5. The second-order valence-corrected chi connectivity index (χ2v) is 3.03. The Kier molecular flexibility index (Phi) is 5.43. The fourth-order valence-electron chi connectivity index (χ4n) is 1.02. The van der Waals surface area contributed by atoms with Crippen LogP contribution >= 0.6 is 0 Å². The lowest BCUT2D eigenvalue weighted by atomic mass is 10.2. The van der Waals surface area contributed by atoms with E-state index in [0.29, 0.717) is 0 Å². The van der Waals surface area contributed by atoms with E-state index in [4.69, 9.17) is 0 Å². The maximum Gasteiger partial charge on any atom is 0.344 e. The lowest BCUT2D eigenvalue weighted by Crippen LogP contribution is -2.14. The first kappa shape index (κ1) is 12.9. The van der Waals surface area contributed by atoms with Gasteiger partial charge in [-0.05, 0) is 30.7 Å². The van der Waals surface area contributed by atoms with Crippen molar-refractivity contribution in [1.82, 2.24) is 4.98 Å². The van der Waals surface area contributed by atoms with Gasteiger partial charge in [0.05, 0.1) is 6.61 Å². The molecule has 0 aromatic carbocycles. The van der Waals surface area contributed by atoms with E-state index in [1.165, 1.54) is 6.08 Å². The third-order valence-corrected chi connectivity index (χ3v) is 1.76. The van der Waals surface area contributed by atoms with Crippen LogP contribution in [0.4, 0.5) is 0 Å². The summed E-state index contributed by atoms with van der Waals surface area (Å²) in [6.07, 6.45) is 6.05. The van der Waals surface area contributed by atoms with Crippen LogP contribution in [0.25, 0.3) is 6.08 Å². The highest BCUT2D eigenvalue weighted by Gasteiger charge is 2.04. The smallest absolute Gasteiger partial charge is 0.344 e. The number of hydrogen-bond donors (Lipinski definition) is 0. The van der Waals surface area contributed by atoms with E-state index < -0.39 is 11.9 Å². The van der Waals surface area contributed by atoms with Gasteiger partial charge in [0.15, 0.2) is 6.61 Å². The number of rotatable bonds is 5. The summed E-state index contributed by atoms with van der Waals surface area (Å²) in [6, 6.07) is 3.49. The molecule has 1 heterocycles. The van der Waals surface area contributed by atoms with Crippen molar-refractivity contribution in [3.8, 4) is 0 Å². The molecule has 1 rings (SSSR count). The van der Waals surface area contributed by atoms with Gasteiger partial charge < -0.3 is 9.47 Å². The maximum absolute atomic E-state index is 11.2. The molecule has 0 aliphatic carbocycles. The third-order valence-electron chi connectivity index (χ3n) is 1.76. The van der Waals surface area contributed by atoms with Gasteiger partial charge in [0.1, 0.15) is 0 Å². The van der Waals surface area contributed by atoms with Gasteiger partial charge in [-0.25, -0.2) is 9.59 Å². The fourth-order valence-corrected chi connectivity index (χ4v) is 1.02. The molecule has 0 radical (unpaired) electrons. The molecule has 1 aromatic rings. The summed E-state index contributed by atoms with van der Waals surface area (Å²) < 4.78 is 9.27. The van der Waals surface area contributed by atoms with Crippen molar-refractivity contribution in [3.05, 3.63) is 36.2 Å². The van der Waals surface area contributed by atoms with Gasteiger partial charge in [0.25, 0.3) is 0 Å². The first-order valence-electron chi connectivity index (χ1n) is 5.13. The Bertz CT molecular complexity index is 400. The second kappa shape index (κ2) is 7.16. The molecule has 90 valence electrons. The van der Waals surface area contributed by atoms with Gasteiger partial charge in [-0.3, -0.25) is 4.98 Å². The minimum atomic E-state index is -0.588. The van der Waals surface area contributed by atoms with Crippen molar-refractivity contribution in [1.29, 1.82) is 0 Å². The summed E-state index contributed by atoms with van der Waals surface area (Å²) in [5.41, 5.74) is 0.827. The normalized spacial score (nSPS) is 10.2. The Morgan fingerprint density at radius 2 is 2.00 bits per heavy atom. The lowest BCUT2D eigenvalue weighted by molar-refractivity contribution is -0.155. The fraction of sp³-hybridized carbons (Fsp3) is 0.250. The van der Waals surface area contributed by atoms with Crippen LogP contribution in [0.15, 0.2) is 30.6 Å². The van der Waals surface area contributed by atoms with Gasteiger partial charge in [-0.2, -0.15) is 0 Å². The molecule has 0 amide bonds. The molecule has 0 saturated carbocycles. The SMILES string of the molecule is CCOC(=O)COC(=O)C=Cc1ccncc1. The second-order valence-electron chi connectivity index (χ2n) is 3.03. The lowest BCUT2D eigenvalue weighted by Gasteiger charge is -2.01. The van der Waals surface area contributed by atoms with Gasteiger partial charge in [-0.1, -0.05) is 0 Å². The molecule has 0 aliphatic heterocycles. The first-order chi connectivity index (χ1) is 8.22. The zero-order valence-corrected chi connectivity index (χ0v) is 9.46. The summed E-state index contributed by atoms with van der Waals surface area (Å²) in [5.74, 6) is -1.15. The molecule has 5 heteroatoms. The van der Waals surface area contributed by atoms with Gasteiger partial charge in [0.2, 0.25) is 0 Å². The largest absolute Gasteiger partial charge is 0.463 e. The van der Waals surface area contributed by atoms with E-state index in [-0.39, 0.29) is 13.2 Å². The molecule has 0 N–H and O–H groups in total. The summed E-state index contributed by atoms with van der Waals surface area (Å²) in [7, 11) is 0. The maximum atomic E-state index is 11.2. The van der Waals surface area contributed by atoms with Gasteiger partial charge in [-0.15, -0.1) is 0 Å². The molecule has 17 heavy (non-hydrogen) atoms. The molecule has 0 atom stereocenters. The Hall–Kier alpha value is -2.17. The van der Waals surface area contributed by atoms with Crippen LogP contribution in [0.1, 0.15) is 12.5 Å². The Morgan fingerprint density at radius 3 is 2.65 bits per heavy atom. The van der Waals surface area contributed by atoms with E-state index >= 15 is 0 Å². The minimum Gasteiger partial charge on any atom is -0.463 e. The van der Waals surface area contributed by atoms with Crippen LogP contribution in [-0.2, 0) is 19.1 Å². The van der Waals surface area contributed by atoms with Crippen LogP contribution in [0.2, 0.25) is 0 Å². The first-order valence-corrected chi connectivity index (χ1v) is 5.13. The van der Waals surface area contributed by atoms with Crippen molar-refractivity contribution in [2.24, 2.45) is 0 Å². The minimum absolute atomic E-state index is 0.267. The van der Waals surface area contributed by atoms with Crippen LogP contribution in [0.3, 0.4) is 0 Å². The summed E-state index contributed by atoms with van der Waals surface area (Å²) in [6.45, 7) is 1.58. The van der Waals surface area contributed by atoms with Crippen LogP contribution < -0.4 is 0 Å². The zero-order valence-electron chi connectivity index (χ0n) is 9.46. The van der Waals surface area contributed by atoms with E-state index in [2.05, 4.69) is 14.5 Å². The van der Waals surface area contributed by atoms with Crippen molar-refractivity contribution in [2.75, 3.05) is 13.2 Å². The van der Waals surface area contributed by atoms with Crippen LogP contribution in [0, 0.1) is 0 Å². The van der Waals surface area contributed by atoms with Crippen LogP contribution in [-0.4, -0.2) is 30.1 Å². The molecule has 0 aliphatic rings. The monoisotopic (exact) mass is 235 g/mol. The highest BCUT2D eigenvalue weighted by Crippen LogP contribution is 1.99. The van der Waals surface area contributed by atoms with Crippen molar-refractivity contribution < 1.29 is 19.1 Å². The third kappa shape index (κ3) is 5.46. The van der Waals surface area contributed by atoms with Gasteiger partial charge in [0, 0.05) is 18.5 Å². The number of nitrogens with zero attached hydrogens (tertiary/aromatic N) is 1. The number of esters is 2. The van der Waals surface area contributed by atoms with Crippen molar-refractivity contribution in [2.45, 2.75) is 6.92 Å². The van der Waals surface area contributed by atoms with Crippen molar-refractivity contribution >= 4 is 18.0 Å². The van der Waals surface area contributed by atoms with E-state index in [1.54, 1.807) is 37.5 Å². The molecular weight excluding hydrogens is 222 g/mol. The number of pyridine rings is 1. The Labute approximate surface area is 99.1 Å². The average Bonchev–Trinajstić information content (AvgIpc) is 2.35. The molecule has 0 unspecified atom stereocenters. The summed E-state index contributed by atoms with van der Waals surface area (Å²) in [4.78, 5) is 25.9. The van der Waals surface area contributed by atoms with Gasteiger partial charge >= 0.3 is 11.9 Å². The topological polar surface area (TPSA) is 65.5 Å². The Balaban J connectivity index is 2.35. The van der Waals surface area contributed by atoms with E-state index in [1.807, 2.05) is 0 Å². The number of aromatic nitrogens is 1. The molecule has 0 spiro atoms. The quantitative estimate of drug-likeness (QED) is 0.566. The summed E-state index contributed by atoms with van der Waals surface area (Å²) >= 11 is 0. The van der Waals surface area contributed by atoms with Crippen LogP contribution in [0.5, 0.6) is 0 Å². The highest BCUT2D eigenvalue weighted by molar-refractivity contribution is 5.88. The zero-order chi connectivity index (χ0) is 12.5. The molecule has 0 fully saturated rings. The predicted molar refractivity (Wildman–Crippen MR) is 60.9 cm³/mol. The van der Waals surface area contributed by atoms with E-state index in [9.17, 15) is 9.59 Å². The summed E-state index contributed by atoms with van der Waals surface area (Å²) in [5, 5.41) is 0. The molecule has 5 nitrogen and oxygen atoms in total. The average molecular weight is 235 g/mol. The molecule has 0 bridgehead atoms. The van der Waals surface area contributed by atoms with E-state index in [0.717, 1.165) is 5.56 Å². The Morgan fingerprint density at radius 1 is 1.29 bits per heavy atom. The standard InChI is InChI=1S/C12H13NO4/c1-2-16-12(15)9-17-11(14)4-3-10-5-7-13-8-6-10/h3-8H,2,9H2,1H3. The number of carbonyl (C=O) groups is 2. The highest BCUT2D eigenvalue weighted by atomic mass is 16.6. The number of carbonyl (C=O) groups excluding carboxylic acids is 2.